The van der Waals surface area contributed by atoms with Crippen LogP contribution in [0.25, 0.3) is 11.3 Å². The van der Waals surface area contributed by atoms with Gasteiger partial charge in [0, 0.05) is 17.4 Å². The SMILES string of the molecule is COC(=O)c1cc(-c2ccc(NC(=O)c3ccccn3)cc2)n[nH]1. The maximum Gasteiger partial charge on any atom is 0.356 e. The number of H-pyrrole nitrogens is 1. The molecule has 0 saturated carbocycles. The molecule has 0 radical (unpaired) electrons. The molecule has 3 aromatic rings. The maximum atomic E-state index is 12.0. The lowest BCUT2D eigenvalue weighted by Gasteiger charge is -2.05. The molecule has 0 aliphatic heterocycles. The lowest BCUT2D eigenvalue weighted by atomic mass is 10.1. The minimum Gasteiger partial charge on any atom is -0.464 e. The lowest BCUT2D eigenvalue weighted by Crippen LogP contribution is -2.13. The van der Waals surface area contributed by atoms with Crippen molar-refractivity contribution < 1.29 is 14.3 Å². The van der Waals surface area contributed by atoms with Gasteiger partial charge in [0.25, 0.3) is 5.91 Å². The van der Waals surface area contributed by atoms with Crippen molar-refractivity contribution in [2.45, 2.75) is 0 Å². The summed E-state index contributed by atoms with van der Waals surface area (Å²) in [6.07, 6.45) is 1.56. The third-order valence-corrected chi connectivity index (χ3v) is 3.32. The van der Waals surface area contributed by atoms with E-state index in [-0.39, 0.29) is 11.6 Å². The second-order valence-corrected chi connectivity index (χ2v) is 4.90. The van der Waals surface area contributed by atoms with Crippen LogP contribution in [0.2, 0.25) is 0 Å². The zero-order chi connectivity index (χ0) is 16.9. The summed E-state index contributed by atoms with van der Waals surface area (Å²) in [7, 11) is 1.31. The van der Waals surface area contributed by atoms with E-state index in [9.17, 15) is 9.59 Å². The van der Waals surface area contributed by atoms with Crippen LogP contribution in [-0.2, 0) is 4.74 Å². The van der Waals surface area contributed by atoms with Crippen molar-refractivity contribution >= 4 is 17.6 Å². The summed E-state index contributed by atoms with van der Waals surface area (Å²) >= 11 is 0. The number of aromatic nitrogens is 3. The Kier molecular flexibility index (Phi) is 4.33. The van der Waals surface area contributed by atoms with Crippen LogP contribution in [0.5, 0.6) is 0 Å². The Labute approximate surface area is 137 Å². The zero-order valence-corrected chi connectivity index (χ0v) is 12.8. The second kappa shape index (κ2) is 6.74. The van der Waals surface area contributed by atoms with Crippen molar-refractivity contribution in [1.29, 1.82) is 0 Å². The van der Waals surface area contributed by atoms with E-state index in [4.69, 9.17) is 0 Å². The largest absolute Gasteiger partial charge is 0.464 e. The quantitative estimate of drug-likeness (QED) is 0.719. The van der Waals surface area contributed by atoms with E-state index in [1.807, 2.05) is 0 Å². The molecule has 0 saturated heterocycles. The number of esters is 1. The van der Waals surface area contributed by atoms with Crippen molar-refractivity contribution in [2.75, 3.05) is 12.4 Å². The van der Waals surface area contributed by atoms with E-state index < -0.39 is 5.97 Å². The lowest BCUT2D eigenvalue weighted by molar-refractivity contribution is 0.0594. The summed E-state index contributed by atoms with van der Waals surface area (Å²) in [4.78, 5) is 27.5. The molecular formula is C17H14N4O3. The Hall–Kier alpha value is -3.48. The number of anilines is 1. The molecule has 0 atom stereocenters. The van der Waals surface area contributed by atoms with Crippen LogP contribution >= 0.6 is 0 Å². The van der Waals surface area contributed by atoms with Crippen molar-refractivity contribution in [1.82, 2.24) is 15.2 Å². The van der Waals surface area contributed by atoms with E-state index in [1.165, 1.54) is 7.11 Å². The minimum absolute atomic E-state index is 0.278. The Bertz CT molecular complexity index is 857. The third kappa shape index (κ3) is 3.30. The average molecular weight is 322 g/mol. The van der Waals surface area contributed by atoms with Gasteiger partial charge in [0.05, 0.1) is 12.8 Å². The zero-order valence-electron chi connectivity index (χ0n) is 12.8. The molecular weight excluding hydrogens is 308 g/mol. The number of methoxy groups -OCH3 is 1. The molecule has 7 heteroatoms. The van der Waals surface area contributed by atoms with Gasteiger partial charge in [0.15, 0.2) is 0 Å². The number of carbonyl (C=O) groups excluding carboxylic acids is 2. The van der Waals surface area contributed by atoms with Crippen LogP contribution in [0, 0.1) is 0 Å². The van der Waals surface area contributed by atoms with E-state index in [2.05, 4.69) is 25.2 Å². The van der Waals surface area contributed by atoms with Crippen molar-refractivity contribution in [2.24, 2.45) is 0 Å². The summed E-state index contributed by atoms with van der Waals surface area (Å²) in [5.41, 5.74) is 2.67. The first-order valence-corrected chi connectivity index (χ1v) is 7.14. The highest BCUT2D eigenvalue weighted by atomic mass is 16.5. The maximum absolute atomic E-state index is 12.0. The third-order valence-electron chi connectivity index (χ3n) is 3.32. The molecule has 0 aliphatic carbocycles. The molecule has 0 unspecified atom stereocenters. The normalized spacial score (nSPS) is 10.2. The molecule has 2 N–H and O–H groups in total. The summed E-state index contributed by atoms with van der Waals surface area (Å²) in [6.45, 7) is 0. The summed E-state index contributed by atoms with van der Waals surface area (Å²) < 4.78 is 4.63. The van der Waals surface area contributed by atoms with Crippen LogP contribution < -0.4 is 5.32 Å². The summed E-state index contributed by atoms with van der Waals surface area (Å²) in [5.74, 6) is -0.760. The molecule has 120 valence electrons. The number of nitrogens with one attached hydrogen (secondary N) is 2. The summed E-state index contributed by atoms with van der Waals surface area (Å²) in [5, 5.41) is 9.46. The van der Waals surface area contributed by atoms with Gasteiger partial charge >= 0.3 is 5.97 Å². The molecule has 1 amide bonds. The van der Waals surface area contributed by atoms with Crippen molar-refractivity contribution in [3.05, 3.63) is 66.1 Å². The number of hydrogen-bond donors (Lipinski definition) is 2. The molecule has 24 heavy (non-hydrogen) atoms. The molecule has 0 bridgehead atoms. The second-order valence-electron chi connectivity index (χ2n) is 4.90. The number of rotatable bonds is 4. The number of pyridine rings is 1. The van der Waals surface area contributed by atoms with Gasteiger partial charge in [-0.2, -0.15) is 5.10 Å². The van der Waals surface area contributed by atoms with Crippen LogP contribution in [-0.4, -0.2) is 34.2 Å². The number of hydrogen-bond acceptors (Lipinski definition) is 5. The Morgan fingerprint density at radius 3 is 2.58 bits per heavy atom. The van der Waals surface area contributed by atoms with Gasteiger partial charge in [-0.3, -0.25) is 14.9 Å². The van der Waals surface area contributed by atoms with Gasteiger partial charge < -0.3 is 10.1 Å². The molecule has 2 aromatic heterocycles. The Morgan fingerprint density at radius 1 is 1.12 bits per heavy atom. The van der Waals surface area contributed by atoms with E-state index in [0.717, 1.165) is 5.56 Å². The number of nitrogens with zero attached hydrogens (tertiary/aromatic N) is 2. The number of amides is 1. The molecule has 0 fully saturated rings. The smallest absolute Gasteiger partial charge is 0.356 e. The molecule has 2 heterocycles. The van der Waals surface area contributed by atoms with E-state index in [1.54, 1.807) is 54.7 Å². The molecule has 7 nitrogen and oxygen atoms in total. The minimum atomic E-state index is -0.479. The topological polar surface area (TPSA) is 97.0 Å². The van der Waals surface area contributed by atoms with Crippen LogP contribution in [0.3, 0.4) is 0 Å². The highest BCUT2D eigenvalue weighted by Gasteiger charge is 2.11. The first kappa shape index (κ1) is 15.4. The predicted molar refractivity (Wildman–Crippen MR) is 87.6 cm³/mol. The Balaban J connectivity index is 1.73. The fourth-order valence-corrected chi connectivity index (χ4v) is 2.10. The van der Waals surface area contributed by atoms with Gasteiger partial charge in [-0.25, -0.2) is 4.79 Å². The molecule has 1 aromatic carbocycles. The monoisotopic (exact) mass is 322 g/mol. The molecule has 3 rings (SSSR count). The van der Waals surface area contributed by atoms with Gasteiger partial charge in [0.2, 0.25) is 0 Å². The molecule has 0 spiro atoms. The van der Waals surface area contributed by atoms with Gasteiger partial charge in [-0.1, -0.05) is 18.2 Å². The number of ether oxygens (including phenoxy) is 1. The fraction of sp³-hybridized carbons (Fsp3) is 0.0588. The highest BCUT2D eigenvalue weighted by molar-refractivity contribution is 6.02. The predicted octanol–water partition coefficient (Wildman–Crippen LogP) is 2.51. The van der Waals surface area contributed by atoms with Crippen LogP contribution in [0.4, 0.5) is 5.69 Å². The fourth-order valence-electron chi connectivity index (χ4n) is 2.10. The van der Waals surface area contributed by atoms with Crippen LogP contribution in [0.15, 0.2) is 54.7 Å². The first-order chi connectivity index (χ1) is 11.7. The number of carbonyl (C=O) groups is 2. The van der Waals surface area contributed by atoms with Gasteiger partial charge in [-0.15, -0.1) is 0 Å². The highest BCUT2D eigenvalue weighted by Crippen LogP contribution is 2.20. The number of benzene rings is 1. The molecule has 0 aliphatic rings. The average Bonchev–Trinajstić information content (AvgIpc) is 3.12. The standard InChI is InChI=1S/C17H14N4O3/c1-24-17(23)15-10-14(20-21-15)11-5-7-12(8-6-11)19-16(22)13-4-2-3-9-18-13/h2-10H,1H3,(H,19,22)(H,20,21). The van der Waals surface area contributed by atoms with Gasteiger partial charge in [-0.05, 0) is 30.3 Å². The van der Waals surface area contributed by atoms with E-state index in [0.29, 0.717) is 17.1 Å². The van der Waals surface area contributed by atoms with Crippen molar-refractivity contribution in [3.63, 3.8) is 0 Å². The first-order valence-electron chi connectivity index (χ1n) is 7.14. The Morgan fingerprint density at radius 2 is 1.92 bits per heavy atom. The van der Waals surface area contributed by atoms with Gasteiger partial charge in [0.1, 0.15) is 11.4 Å². The van der Waals surface area contributed by atoms with Crippen molar-refractivity contribution in [3.8, 4) is 11.3 Å². The van der Waals surface area contributed by atoms with E-state index >= 15 is 0 Å². The van der Waals surface area contributed by atoms with Crippen LogP contribution in [0.1, 0.15) is 21.0 Å². The number of aromatic amines is 1. The summed E-state index contributed by atoms with van der Waals surface area (Å²) in [6, 6.07) is 13.8.